The first kappa shape index (κ1) is 20.8. The lowest BCUT2D eigenvalue weighted by atomic mass is 10.1. The van der Waals surface area contributed by atoms with Crippen LogP contribution in [0.3, 0.4) is 0 Å². The van der Waals surface area contributed by atoms with Gasteiger partial charge >= 0.3 is 0 Å². The van der Waals surface area contributed by atoms with Gasteiger partial charge in [0.05, 0.1) is 10.6 Å². The van der Waals surface area contributed by atoms with Crippen molar-refractivity contribution in [3.05, 3.63) is 58.9 Å². The molecular formula is C20H22ClFN2O3S. The van der Waals surface area contributed by atoms with E-state index in [-0.39, 0.29) is 16.6 Å². The predicted octanol–water partition coefficient (Wildman–Crippen LogP) is 4.73. The highest BCUT2D eigenvalue weighted by Crippen LogP contribution is 2.23. The van der Waals surface area contributed by atoms with E-state index < -0.39 is 21.7 Å². The first-order valence-corrected chi connectivity index (χ1v) is 11.1. The van der Waals surface area contributed by atoms with Gasteiger partial charge in [-0.2, -0.15) is 0 Å². The molecule has 1 aliphatic rings. The maximum atomic E-state index is 14.4. The monoisotopic (exact) mass is 424 g/mol. The van der Waals surface area contributed by atoms with E-state index in [2.05, 4.69) is 10.0 Å². The fourth-order valence-electron chi connectivity index (χ4n) is 3.24. The number of halogens is 2. The Morgan fingerprint density at radius 3 is 2.25 bits per heavy atom. The Morgan fingerprint density at radius 2 is 1.64 bits per heavy atom. The van der Waals surface area contributed by atoms with Crippen LogP contribution < -0.4 is 10.0 Å². The average Bonchev–Trinajstić information content (AvgIpc) is 2.92. The molecule has 0 unspecified atom stereocenters. The summed E-state index contributed by atoms with van der Waals surface area (Å²) in [4.78, 5) is 12.0. The first-order chi connectivity index (χ1) is 13.3. The zero-order valence-electron chi connectivity index (χ0n) is 15.3. The Kier molecular flexibility index (Phi) is 6.69. The highest BCUT2D eigenvalue weighted by atomic mass is 35.5. The zero-order valence-corrected chi connectivity index (χ0v) is 16.8. The van der Waals surface area contributed by atoms with Gasteiger partial charge in [-0.3, -0.25) is 4.79 Å². The van der Waals surface area contributed by atoms with E-state index in [9.17, 15) is 17.6 Å². The fraction of sp³-hybridized carbons (Fsp3) is 0.350. The van der Waals surface area contributed by atoms with E-state index in [1.807, 2.05) is 0 Å². The first-order valence-electron chi connectivity index (χ1n) is 9.24. The lowest BCUT2D eigenvalue weighted by Crippen LogP contribution is -2.34. The Labute approximate surface area is 169 Å². The smallest absolute Gasteiger partial charge is 0.255 e. The van der Waals surface area contributed by atoms with E-state index in [0.29, 0.717) is 10.6 Å². The number of amides is 1. The van der Waals surface area contributed by atoms with Crippen molar-refractivity contribution in [1.29, 1.82) is 0 Å². The van der Waals surface area contributed by atoms with Gasteiger partial charge in [-0.05, 0) is 55.3 Å². The quantitative estimate of drug-likeness (QED) is 0.681. The van der Waals surface area contributed by atoms with Crippen LogP contribution in [-0.4, -0.2) is 20.4 Å². The van der Waals surface area contributed by atoms with Crippen LogP contribution in [0, 0.1) is 5.82 Å². The van der Waals surface area contributed by atoms with Gasteiger partial charge in [0, 0.05) is 16.6 Å². The van der Waals surface area contributed by atoms with Crippen molar-refractivity contribution in [2.75, 3.05) is 5.32 Å². The maximum Gasteiger partial charge on any atom is 0.255 e. The van der Waals surface area contributed by atoms with Crippen molar-refractivity contribution in [1.82, 2.24) is 4.72 Å². The van der Waals surface area contributed by atoms with Crippen LogP contribution in [0.15, 0.2) is 47.4 Å². The van der Waals surface area contributed by atoms with E-state index in [0.717, 1.165) is 44.6 Å². The van der Waals surface area contributed by atoms with Crippen LogP contribution in [0.25, 0.3) is 0 Å². The molecule has 2 aromatic rings. The van der Waals surface area contributed by atoms with Gasteiger partial charge in [-0.15, -0.1) is 0 Å². The molecule has 1 amide bonds. The summed E-state index contributed by atoms with van der Waals surface area (Å²) >= 11 is 5.79. The van der Waals surface area contributed by atoms with E-state index in [1.54, 1.807) is 12.1 Å². The molecule has 2 N–H and O–H groups in total. The van der Waals surface area contributed by atoms with Crippen molar-refractivity contribution < 1.29 is 17.6 Å². The third-order valence-corrected chi connectivity index (χ3v) is 6.55. The van der Waals surface area contributed by atoms with Gasteiger partial charge in [0.25, 0.3) is 5.91 Å². The van der Waals surface area contributed by atoms with Gasteiger partial charge in [0.2, 0.25) is 10.0 Å². The van der Waals surface area contributed by atoms with Gasteiger partial charge in [0.1, 0.15) is 5.82 Å². The second-order valence-corrected chi connectivity index (χ2v) is 9.06. The van der Waals surface area contributed by atoms with Crippen molar-refractivity contribution >= 4 is 33.2 Å². The number of hydrogen-bond donors (Lipinski definition) is 2. The van der Waals surface area contributed by atoms with Crippen LogP contribution in [-0.2, 0) is 10.0 Å². The summed E-state index contributed by atoms with van der Waals surface area (Å²) in [5, 5.41) is 2.93. The summed E-state index contributed by atoms with van der Waals surface area (Å²) in [6.45, 7) is 0. The number of hydrogen-bond acceptors (Lipinski definition) is 3. The van der Waals surface area contributed by atoms with E-state index in [1.165, 1.54) is 24.3 Å². The number of rotatable bonds is 5. The molecule has 0 radical (unpaired) electrons. The molecule has 0 aromatic heterocycles. The van der Waals surface area contributed by atoms with Gasteiger partial charge in [-0.1, -0.05) is 37.3 Å². The minimum Gasteiger partial charge on any atom is -0.319 e. The Hall–Kier alpha value is -1.96. The number of carbonyl (C=O) groups is 1. The molecule has 1 fully saturated rings. The molecule has 3 rings (SSSR count). The van der Waals surface area contributed by atoms with Crippen molar-refractivity contribution in [3.8, 4) is 0 Å². The summed E-state index contributed by atoms with van der Waals surface area (Å²) in [5.41, 5.74) is 0.226. The molecule has 1 saturated carbocycles. The lowest BCUT2D eigenvalue weighted by Gasteiger charge is -2.17. The van der Waals surface area contributed by atoms with Crippen LogP contribution in [0.2, 0.25) is 5.02 Å². The molecule has 0 spiro atoms. The molecule has 0 aliphatic heterocycles. The minimum atomic E-state index is -3.82. The standard InChI is InChI=1S/C20H22ClFN2O3S/c21-15-9-7-14(8-10-15)20(25)23-19-12-11-17(13-18(19)22)28(26,27)24-16-5-3-1-2-4-6-16/h7-13,16,24H,1-6H2,(H,23,25). The summed E-state index contributed by atoms with van der Waals surface area (Å²) < 4.78 is 42.3. The Bertz CT molecular complexity index is 940. The summed E-state index contributed by atoms with van der Waals surface area (Å²) in [6.07, 6.45) is 5.76. The molecule has 0 heterocycles. The summed E-state index contributed by atoms with van der Waals surface area (Å²) in [5.74, 6) is -1.33. The zero-order chi connectivity index (χ0) is 20.1. The van der Waals surface area contributed by atoms with Crippen molar-refractivity contribution in [2.45, 2.75) is 49.5 Å². The number of sulfonamides is 1. The van der Waals surface area contributed by atoms with Crippen LogP contribution in [0.5, 0.6) is 0 Å². The molecule has 8 heteroatoms. The van der Waals surface area contributed by atoms with Gasteiger partial charge in [-0.25, -0.2) is 17.5 Å². The van der Waals surface area contributed by atoms with Crippen molar-refractivity contribution in [2.24, 2.45) is 0 Å². The number of carbonyl (C=O) groups excluding carboxylic acids is 1. The van der Waals surface area contributed by atoms with E-state index in [4.69, 9.17) is 11.6 Å². The predicted molar refractivity (Wildman–Crippen MR) is 108 cm³/mol. The molecule has 0 bridgehead atoms. The lowest BCUT2D eigenvalue weighted by molar-refractivity contribution is 0.102. The van der Waals surface area contributed by atoms with Gasteiger partial charge < -0.3 is 5.32 Å². The Balaban J connectivity index is 1.72. The fourth-order valence-corrected chi connectivity index (χ4v) is 4.69. The van der Waals surface area contributed by atoms with Crippen LogP contribution in [0.4, 0.5) is 10.1 Å². The third-order valence-electron chi connectivity index (χ3n) is 4.78. The molecule has 28 heavy (non-hydrogen) atoms. The minimum absolute atomic E-state index is 0.0895. The average molecular weight is 425 g/mol. The molecular weight excluding hydrogens is 403 g/mol. The molecule has 5 nitrogen and oxygen atoms in total. The molecule has 1 aliphatic carbocycles. The van der Waals surface area contributed by atoms with Crippen LogP contribution >= 0.6 is 11.6 Å². The second kappa shape index (κ2) is 9.03. The molecule has 150 valence electrons. The van der Waals surface area contributed by atoms with Gasteiger partial charge in [0.15, 0.2) is 0 Å². The largest absolute Gasteiger partial charge is 0.319 e. The number of benzene rings is 2. The summed E-state index contributed by atoms with van der Waals surface area (Å²) in [7, 11) is -3.82. The SMILES string of the molecule is O=C(Nc1ccc(S(=O)(=O)NC2CCCCCC2)cc1F)c1ccc(Cl)cc1. The Morgan fingerprint density at radius 1 is 1.00 bits per heavy atom. The normalized spacial score (nSPS) is 15.8. The number of anilines is 1. The van der Waals surface area contributed by atoms with E-state index >= 15 is 0 Å². The second-order valence-electron chi connectivity index (χ2n) is 6.91. The highest BCUT2D eigenvalue weighted by molar-refractivity contribution is 7.89. The molecule has 0 saturated heterocycles. The molecule has 2 aromatic carbocycles. The van der Waals surface area contributed by atoms with Crippen LogP contribution in [0.1, 0.15) is 48.9 Å². The third kappa shape index (κ3) is 5.31. The maximum absolute atomic E-state index is 14.4. The summed E-state index contributed by atoms with van der Waals surface area (Å²) in [6, 6.07) is 9.50. The highest BCUT2D eigenvalue weighted by Gasteiger charge is 2.22. The van der Waals surface area contributed by atoms with Crippen molar-refractivity contribution in [3.63, 3.8) is 0 Å². The topological polar surface area (TPSA) is 75.3 Å². The molecule has 0 atom stereocenters. The number of nitrogens with one attached hydrogen (secondary N) is 2.